The molecule has 0 radical (unpaired) electrons. The van der Waals surface area contributed by atoms with Crippen LogP contribution in [0.4, 0.5) is 5.82 Å². The van der Waals surface area contributed by atoms with Crippen molar-refractivity contribution in [1.29, 1.82) is 0 Å². The molecular formula is C20H27N5O3. The molecule has 28 heavy (non-hydrogen) atoms. The van der Waals surface area contributed by atoms with Gasteiger partial charge in [0.15, 0.2) is 0 Å². The van der Waals surface area contributed by atoms with Crippen LogP contribution in [0.3, 0.4) is 0 Å². The molecule has 8 heteroatoms. The van der Waals surface area contributed by atoms with Crippen molar-refractivity contribution in [3.8, 4) is 5.69 Å². The molecule has 0 bridgehead atoms. The van der Waals surface area contributed by atoms with E-state index in [2.05, 4.69) is 20.1 Å². The summed E-state index contributed by atoms with van der Waals surface area (Å²) in [5.74, 6) is -0.444. The smallest absolute Gasteiger partial charge is 0.343 e. The highest BCUT2D eigenvalue weighted by Gasteiger charge is 2.16. The van der Waals surface area contributed by atoms with Crippen LogP contribution in [-0.2, 0) is 4.74 Å². The Morgan fingerprint density at radius 2 is 1.89 bits per heavy atom. The van der Waals surface area contributed by atoms with E-state index in [1.807, 2.05) is 0 Å². The molecule has 0 aliphatic carbocycles. The number of amides is 1. The minimum atomic E-state index is -0.538. The number of likely N-dealkylation sites (tertiary alicyclic amines) is 1. The first-order valence-corrected chi connectivity index (χ1v) is 9.63. The van der Waals surface area contributed by atoms with E-state index in [-0.39, 0.29) is 17.3 Å². The highest BCUT2D eigenvalue weighted by Crippen LogP contribution is 2.18. The Hall–Kier alpha value is -2.87. The van der Waals surface area contributed by atoms with Crippen molar-refractivity contribution in [3.05, 3.63) is 41.6 Å². The average Bonchev–Trinajstić information content (AvgIpc) is 3.12. The number of hydrogen-bond donors (Lipinski definition) is 2. The quantitative estimate of drug-likeness (QED) is 0.557. The van der Waals surface area contributed by atoms with Gasteiger partial charge < -0.3 is 20.7 Å². The Bertz CT molecular complexity index is 810. The zero-order valence-corrected chi connectivity index (χ0v) is 16.2. The van der Waals surface area contributed by atoms with Gasteiger partial charge in [-0.15, -0.1) is 0 Å². The molecule has 3 rings (SSSR count). The minimum Gasteiger partial charge on any atom is -0.465 e. The van der Waals surface area contributed by atoms with Gasteiger partial charge in [0.25, 0.3) is 5.91 Å². The lowest BCUT2D eigenvalue weighted by Gasteiger charge is -2.26. The van der Waals surface area contributed by atoms with E-state index >= 15 is 0 Å². The van der Waals surface area contributed by atoms with E-state index in [4.69, 9.17) is 5.73 Å². The van der Waals surface area contributed by atoms with E-state index in [0.717, 1.165) is 13.0 Å². The number of anilines is 1. The summed E-state index contributed by atoms with van der Waals surface area (Å²) in [4.78, 5) is 26.4. The summed E-state index contributed by atoms with van der Waals surface area (Å²) in [6, 6.07) is 6.92. The predicted octanol–water partition coefficient (Wildman–Crippen LogP) is 1.85. The minimum absolute atomic E-state index is 0.103. The highest BCUT2D eigenvalue weighted by atomic mass is 16.5. The van der Waals surface area contributed by atoms with Gasteiger partial charge in [-0.25, -0.2) is 9.48 Å². The van der Waals surface area contributed by atoms with Crippen LogP contribution >= 0.6 is 0 Å². The van der Waals surface area contributed by atoms with Crippen LogP contribution in [0.25, 0.3) is 5.69 Å². The van der Waals surface area contributed by atoms with Crippen LogP contribution in [0.5, 0.6) is 0 Å². The number of nitrogen functional groups attached to an aromatic ring is 1. The summed E-state index contributed by atoms with van der Waals surface area (Å²) >= 11 is 0. The van der Waals surface area contributed by atoms with Crippen molar-refractivity contribution in [3.63, 3.8) is 0 Å². The molecule has 1 aromatic heterocycles. The molecule has 1 saturated heterocycles. The number of nitrogens with one attached hydrogen (secondary N) is 1. The van der Waals surface area contributed by atoms with Crippen LogP contribution in [-0.4, -0.2) is 59.8 Å². The van der Waals surface area contributed by atoms with E-state index in [1.165, 1.54) is 50.3 Å². The average molecular weight is 385 g/mol. The molecule has 150 valence electrons. The Morgan fingerprint density at radius 3 is 2.57 bits per heavy atom. The van der Waals surface area contributed by atoms with Gasteiger partial charge in [0.1, 0.15) is 11.4 Å². The lowest BCUT2D eigenvalue weighted by molar-refractivity contribution is 0.0601. The lowest BCUT2D eigenvalue weighted by Crippen LogP contribution is -2.33. The second-order valence-corrected chi connectivity index (χ2v) is 6.91. The number of hydrogen-bond acceptors (Lipinski definition) is 6. The summed E-state index contributed by atoms with van der Waals surface area (Å²) in [5.41, 5.74) is 7.41. The standard InChI is InChI=1S/C20H27N5O3/c1-28-20(27)17-14-23-25(18(17)21)16-8-6-15(7-9-16)19(26)22-10-5-13-24-11-3-2-4-12-24/h6-9,14H,2-5,10-13,21H2,1H3,(H,22,26). The summed E-state index contributed by atoms with van der Waals surface area (Å²) < 4.78 is 6.11. The number of nitrogens with two attached hydrogens (primary N) is 1. The summed E-state index contributed by atoms with van der Waals surface area (Å²) in [7, 11) is 1.29. The third-order valence-corrected chi connectivity index (χ3v) is 4.97. The van der Waals surface area contributed by atoms with Crippen molar-refractivity contribution in [2.24, 2.45) is 0 Å². The second-order valence-electron chi connectivity index (χ2n) is 6.91. The fourth-order valence-corrected chi connectivity index (χ4v) is 3.37. The van der Waals surface area contributed by atoms with Crippen molar-refractivity contribution < 1.29 is 14.3 Å². The Labute approximate surface area is 164 Å². The largest absolute Gasteiger partial charge is 0.465 e. The predicted molar refractivity (Wildman–Crippen MR) is 107 cm³/mol. The first-order chi connectivity index (χ1) is 13.6. The van der Waals surface area contributed by atoms with Crippen LogP contribution in [0.15, 0.2) is 30.5 Å². The van der Waals surface area contributed by atoms with Crippen molar-refractivity contribution >= 4 is 17.7 Å². The van der Waals surface area contributed by atoms with Gasteiger partial charge in [-0.3, -0.25) is 4.79 Å². The number of aromatic nitrogens is 2. The van der Waals surface area contributed by atoms with E-state index in [0.29, 0.717) is 17.8 Å². The number of nitrogens with zero attached hydrogens (tertiary/aromatic N) is 3. The van der Waals surface area contributed by atoms with Gasteiger partial charge >= 0.3 is 5.97 Å². The number of rotatable bonds is 7. The SMILES string of the molecule is COC(=O)c1cnn(-c2ccc(C(=O)NCCCN3CCCCC3)cc2)c1N. The van der Waals surface area contributed by atoms with Crippen molar-refractivity contribution in [2.45, 2.75) is 25.7 Å². The Morgan fingerprint density at radius 1 is 1.18 bits per heavy atom. The summed E-state index contributed by atoms with van der Waals surface area (Å²) in [6.07, 6.45) is 6.20. The number of carbonyl (C=O) groups is 2. The zero-order valence-electron chi connectivity index (χ0n) is 16.2. The van der Waals surface area contributed by atoms with Gasteiger partial charge in [-0.05, 0) is 63.2 Å². The van der Waals surface area contributed by atoms with Gasteiger partial charge in [0.2, 0.25) is 0 Å². The molecule has 0 atom stereocenters. The number of ether oxygens (including phenoxy) is 1. The summed E-state index contributed by atoms with van der Waals surface area (Å²) in [5, 5.41) is 7.08. The number of carbonyl (C=O) groups excluding carboxylic acids is 2. The molecule has 1 aromatic carbocycles. The van der Waals surface area contributed by atoms with Crippen molar-refractivity contribution in [2.75, 3.05) is 39.0 Å². The van der Waals surface area contributed by atoms with E-state index < -0.39 is 5.97 Å². The van der Waals surface area contributed by atoms with Crippen LogP contribution < -0.4 is 11.1 Å². The number of esters is 1. The van der Waals surface area contributed by atoms with Gasteiger partial charge in [-0.1, -0.05) is 6.42 Å². The van der Waals surface area contributed by atoms with Gasteiger partial charge in [0.05, 0.1) is 19.0 Å². The maximum absolute atomic E-state index is 12.3. The first kappa shape index (κ1) is 19.9. The number of piperidine rings is 1. The van der Waals surface area contributed by atoms with E-state index in [1.54, 1.807) is 24.3 Å². The van der Waals surface area contributed by atoms with Crippen LogP contribution in [0, 0.1) is 0 Å². The normalized spacial score (nSPS) is 14.6. The van der Waals surface area contributed by atoms with Crippen molar-refractivity contribution in [1.82, 2.24) is 20.0 Å². The molecule has 8 nitrogen and oxygen atoms in total. The molecular weight excluding hydrogens is 358 g/mol. The molecule has 0 spiro atoms. The molecule has 2 aromatic rings. The van der Waals surface area contributed by atoms with E-state index in [9.17, 15) is 9.59 Å². The number of benzene rings is 1. The number of methoxy groups -OCH3 is 1. The Kier molecular flexibility index (Phi) is 6.65. The third kappa shape index (κ3) is 4.69. The summed E-state index contributed by atoms with van der Waals surface area (Å²) in [6.45, 7) is 4.03. The van der Waals surface area contributed by atoms with Gasteiger partial charge in [-0.2, -0.15) is 5.10 Å². The maximum atomic E-state index is 12.3. The topological polar surface area (TPSA) is 102 Å². The maximum Gasteiger partial charge on any atom is 0.343 e. The zero-order chi connectivity index (χ0) is 19.9. The molecule has 1 aliphatic heterocycles. The third-order valence-electron chi connectivity index (χ3n) is 4.97. The molecule has 1 amide bonds. The molecule has 2 heterocycles. The molecule has 0 saturated carbocycles. The lowest BCUT2D eigenvalue weighted by atomic mass is 10.1. The fraction of sp³-hybridized carbons (Fsp3) is 0.450. The molecule has 0 unspecified atom stereocenters. The molecule has 3 N–H and O–H groups in total. The molecule has 1 aliphatic rings. The first-order valence-electron chi connectivity index (χ1n) is 9.63. The van der Waals surface area contributed by atoms with Crippen LogP contribution in [0.1, 0.15) is 46.4 Å². The monoisotopic (exact) mass is 385 g/mol. The second kappa shape index (κ2) is 9.36. The highest BCUT2D eigenvalue weighted by molar-refractivity contribution is 5.95. The van der Waals surface area contributed by atoms with Gasteiger partial charge in [0, 0.05) is 12.1 Å². The Balaban J connectivity index is 1.53. The molecule has 1 fully saturated rings. The fourth-order valence-electron chi connectivity index (χ4n) is 3.37. The van der Waals surface area contributed by atoms with Crippen LogP contribution in [0.2, 0.25) is 0 Å².